The monoisotopic (exact) mass is 276 g/mol. The molecule has 0 saturated heterocycles. The Bertz CT molecular complexity index is 737. The van der Waals surface area contributed by atoms with E-state index in [-0.39, 0.29) is 5.82 Å². The second-order valence-corrected chi connectivity index (χ2v) is 4.69. The molecular formula is C14H10ClFN2O. The van der Waals surface area contributed by atoms with E-state index in [1.807, 2.05) is 0 Å². The molecular weight excluding hydrogens is 267 g/mol. The van der Waals surface area contributed by atoms with E-state index in [4.69, 9.17) is 21.8 Å². The van der Waals surface area contributed by atoms with E-state index in [0.717, 1.165) is 5.56 Å². The minimum Gasteiger partial charge on any atom is -0.438 e. The number of fused-ring (bicyclic) bond motifs is 1. The fourth-order valence-corrected chi connectivity index (χ4v) is 2.14. The van der Waals surface area contributed by atoms with Gasteiger partial charge in [-0.25, -0.2) is 9.37 Å². The third kappa shape index (κ3) is 2.39. The van der Waals surface area contributed by atoms with Crippen molar-refractivity contribution in [1.82, 2.24) is 4.98 Å². The van der Waals surface area contributed by atoms with E-state index in [2.05, 4.69) is 4.98 Å². The van der Waals surface area contributed by atoms with Crippen LogP contribution in [0.4, 0.5) is 10.1 Å². The molecule has 3 nitrogen and oxygen atoms in total. The first-order valence-electron chi connectivity index (χ1n) is 5.71. The molecule has 2 N–H and O–H groups in total. The normalized spacial score (nSPS) is 11.1. The fourth-order valence-electron chi connectivity index (χ4n) is 1.92. The maximum Gasteiger partial charge on any atom is 0.200 e. The van der Waals surface area contributed by atoms with Gasteiger partial charge in [-0.1, -0.05) is 23.7 Å². The number of nitrogen functional groups attached to an aromatic ring is 1. The van der Waals surface area contributed by atoms with Crippen LogP contribution in [0.25, 0.3) is 11.1 Å². The number of anilines is 1. The van der Waals surface area contributed by atoms with Crippen molar-refractivity contribution in [2.24, 2.45) is 0 Å². The van der Waals surface area contributed by atoms with E-state index in [9.17, 15) is 4.39 Å². The van der Waals surface area contributed by atoms with Gasteiger partial charge in [0.05, 0.1) is 5.69 Å². The van der Waals surface area contributed by atoms with Gasteiger partial charge in [0.1, 0.15) is 11.3 Å². The number of nitrogens with two attached hydrogens (primary N) is 1. The van der Waals surface area contributed by atoms with Crippen molar-refractivity contribution < 1.29 is 8.81 Å². The summed E-state index contributed by atoms with van der Waals surface area (Å²) in [6.45, 7) is 0. The summed E-state index contributed by atoms with van der Waals surface area (Å²) < 4.78 is 18.4. The highest BCUT2D eigenvalue weighted by Crippen LogP contribution is 2.27. The zero-order chi connectivity index (χ0) is 13.4. The maximum atomic E-state index is 12.8. The summed E-state index contributed by atoms with van der Waals surface area (Å²) in [7, 11) is 0. The summed E-state index contributed by atoms with van der Waals surface area (Å²) in [4.78, 5) is 4.33. The molecule has 1 aromatic heterocycles. The predicted octanol–water partition coefficient (Wildman–Crippen LogP) is 3.79. The molecule has 5 heteroatoms. The first-order valence-corrected chi connectivity index (χ1v) is 6.08. The van der Waals surface area contributed by atoms with Crippen LogP contribution >= 0.6 is 11.6 Å². The number of nitrogens with zero attached hydrogens (tertiary/aromatic N) is 1. The van der Waals surface area contributed by atoms with E-state index < -0.39 is 0 Å². The van der Waals surface area contributed by atoms with E-state index in [0.29, 0.717) is 34.1 Å². The van der Waals surface area contributed by atoms with Gasteiger partial charge in [-0.2, -0.15) is 0 Å². The Morgan fingerprint density at radius 3 is 2.68 bits per heavy atom. The van der Waals surface area contributed by atoms with Crippen LogP contribution in [-0.2, 0) is 6.42 Å². The lowest BCUT2D eigenvalue weighted by molar-refractivity contribution is 0.544. The quantitative estimate of drug-likeness (QED) is 0.725. The molecule has 0 spiro atoms. The van der Waals surface area contributed by atoms with Crippen LogP contribution in [0.3, 0.4) is 0 Å². The number of hydrogen-bond acceptors (Lipinski definition) is 3. The fraction of sp³-hybridized carbons (Fsp3) is 0.0714. The molecule has 0 bridgehead atoms. The molecule has 0 amide bonds. The van der Waals surface area contributed by atoms with Crippen molar-refractivity contribution in [3.05, 3.63) is 58.7 Å². The Hall–Kier alpha value is -2.07. The Morgan fingerprint density at radius 2 is 1.95 bits per heavy atom. The summed E-state index contributed by atoms with van der Waals surface area (Å²) in [6, 6.07) is 9.52. The van der Waals surface area contributed by atoms with Gasteiger partial charge in [0.25, 0.3) is 0 Å². The molecule has 0 aliphatic rings. The van der Waals surface area contributed by atoms with Gasteiger partial charge in [0, 0.05) is 11.4 Å². The van der Waals surface area contributed by atoms with Crippen molar-refractivity contribution in [2.45, 2.75) is 6.42 Å². The Morgan fingerprint density at radius 1 is 1.21 bits per heavy atom. The van der Waals surface area contributed by atoms with Crippen LogP contribution < -0.4 is 5.73 Å². The van der Waals surface area contributed by atoms with Gasteiger partial charge in [-0.3, -0.25) is 0 Å². The molecule has 0 aliphatic carbocycles. The highest BCUT2D eigenvalue weighted by Gasteiger charge is 2.10. The Labute approximate surface area is 113 Å². The number of benzene rings is 2. The Balaban J connectivity index is 1.97. The van der Waals surface area contributed by atoms with Gasteiger partial charge in [0.15, 0.2) is 11.5 Å². The molecule has 3 rings (SSSR count). The predicted molar refractivity (Wildman–Crippen MR) is 72.6 cm³/mol. The minimum atomic E-state index is -0.266. The van der Waals surface area contributed by atoms with Gasteiger partial charge in [-0.15, -0.1) is 0 Å². The van der Waals surface area contributed by atoms with Crippen LogP contribution in [0.15, 0.2) is 40.8 Å². The molecule has 3 aromatic rings. The van der Waals surface area contributed by atoms with Crippen LogP contribution in [-0.4, -0.2) is 4.98 Å². The molecule has 0 saturated carbocycles. The van der Waals surface area contributed by atoms with Crippen molar-refractivity contribution >= 4 is 28.4 Å². The molecule has 96 valence electrons. The average molecular weight is 277 g/mol. The van der Waals surface area contributed by atoms with E-state index in [1.54, 1.807) is 24.3 Å². The summed E-state index contributed by atoms with van der Waals surface area (Å²) in [5, 5.41) is 0.520. The zero-order valence-corrected chi connectivity index (χ0v) is 10.6. The number of oxazole rings is 1. The molecule has 0 aliphatic heterocycles. The standard InChI is InChI=1S/C14H10ClFN2O/c15-9-6-11(17)14-12(7-9)18-13(19-14)5-8-1-3-10(16)4-2-8/h1-4,6-7H,5,17H2. The second-order valence-electron chi connectivity index (χ2n) is 4.25. The van der Waals surface area contributed by atoms with E-state index >= 15 is 0 Å². The number of hydrogen-bond donors (Lipinski definition) is 1. The summed E-state index contributed by atoms with van der Waals surface area (Å²) >= 11 is 5.91. The van der Waals surface area contributed by atoms with Crippen molar-refractivity contribution in [2.75, 3.05) is 5.73 Å². The molecule has 1 heterocycles. The van der Waals surface area contributed by atoms with Crippen LogP contribution in [0.1, 0.15) is 11.5 Å². The van der Waals surface area contributed by atoms with Crippen LogP contribution in [0, 0.1) is 5.82 Å². The number of halogens is 2. The first-order chi connectivity index (χ1) is 9.11. The molecule has 2 aromatic carbocycles. The average Bonchev–Trinajstić information content (AvgIpc) is 2.75. The van der Waals surface area contributed by atoms with Crippen molar-refractivity contribution in [1.29, 1.82) is 0 Å². The maximum absolute atomic E-state index is 12.8. The third-order valence-corrected chi connectivity index (χ3v) is 3.01. The minimum absolute atomic E-state index is 0.266. The topological polar surface area (TPSA) is 52.0 Å². The molecule has 0 atom stereocenters. The molecule has 0 fully saturated rings. The summed E-state index contributed by atoms with van der Waals surface area (Å²) in [6.07, 6.45) is 0.478. The zero-order valence-electron chi connectivity index (χ0n) is 9.86. The Kier molecular flexibility index (Phi) is 2.87. The van der Waals surface area contributed by atoms with Crippen LogP contribution in [0.5, 0.6) is 0 Å². The van der Waals surface area contributed by atoms with Gasteiger partial charge in [0.2, 0.25) is 0 Å². The van der Waals surface area contributed by atoms with E-state index in [1.165, 1.54) is 12.1 Å². The van der Waals surface area contributed by atoms with Crippen molar-refractivity contribution in [3.8, 4) is 0 Å². The second kappa shape index (κ2) is 4.55. The lowest BCUT2D eigenvalue weighted by atomic mass is 10.1. The highest BCUT2D eigenvalue weighted by atomic mass is 35.5. The van der Waals surface area contributed by atoms with Crippen molar-refractivity contribution in [3.63, 3.8) is 0 Å². The van der Waals surface area contributed by atoms with Gasteiger partial charge in [-0.05, 0) is 29.8 Å². The lowest BCUT2D eigenvalue weighted by Gasteiger charge is -1.96. The first kappa shape index (κ1) is 12.0. The highest BCUT2D eigenvalue weighted by molar-refractivity contribution is 6.31. The third-order valence-electron chi connectivity index (χ3n) is 2.80. The van der Waals surface area contributed by atoms with Gasteiger partial charge >= 0.3 is 0 Å². The molecule has 0 unspecified atom stereocenters. The number of rotatable bonds is 2. The van der Waals surface area contributed by atoms with Crippen LogP contribution in [0.2, 0.25) is 5.02 Å². The summed E-state index contributed by atoms with van der Waals surface area (Å²) in [5.41, 5.74) is 8.35. The lowest BCUT2D eigenvalue weighted by Crippen LogP contribution is -1.87. The SMILES string of the molecule is Nc1cc(Cl)cc2nc(Cc3ccc(F)cc3)oc12. The summed E-state index contributed by atoms with van der Waals surface area (Å²) in [5.74, 6) is 0.257. The molecule has 0 radical (unpaired) electrons. The largest absolute Gasteiger partial charge is 0.438 e. The molecule has 19 heavy (non-hydrogen) atoms. The number of aromatic nitrogens is 1. The smallest absolute Gasteiger partial charge is 0.200 e. The van der Waals surface area contributed by atoms with Gasteiger partial charge < -0.3 is 10.2 Å².